The Morgan fingerprint density at radius 2 is 1.83 bits per heavy atom. The Morgan fingerprint density at radius 1 is 1.22 bits per heavy atom. The molecule has 0 atom stereocenters. The molecule has 0 aliphatic heterocycles. The van der Waals surface area contributed by atoms with Gasteiger partial charge in [0.05, 0.1) is 17.3 Å². The fraction of sp³-hybridized carbons (Fsp3) is 0.538. The van der Waals surface area contributed by atoms with Gasteiger partial charge in [-0.05, 0) is 31.2 Å². The van der Waals surface area contributed by atoms with E-state index < -0.39 is 9.84 Å². The van der Waals surface area contributed by atoms with Crippen LogP contribution in [0.4, 0.5) is 0 Å². The van der Waals surface area contributed by atoms with E-state index in [0.29, 0.717) is 29.8 Å². The maximum atomic E-state index is 12.0. The van der Waals surface area contributed by atoms with Crippen molar-refractivity contribution in [1.82, 2.24) is 5.32 Å². The summed E-state index contributed by atoms with van der Waals surface area (Å²) >= 11 is 0. The van der Waals surface area contributed by atoms with E-state index >= 15 is 0 Å². The first-order valence-corrected chi connectivity index (χ1v) is 7.80. The average molecular weight is 271 g/mol. The molecule has 0 saturated heterocycles. The van der Waals surface area contributed by atoms with E-state index in [-0.39, 0.29) is 5.75 Å². The molecule has 0 unspecified atom stereocenters. The summed E-state index contributed by atoms with van der Waals surface area (Å²) in [5.74, 6) is 0.802. The molecular formula is C13H21NO3S. The second-order valence-electron chi connectivity index (χ2n) is 4.33. The highest BCUT2D eigenvalue weighted by atomic mass is 32.2. The molecule has 102 valence electrons. The number of hydrogen-bond acceptors (Lipinski definition) is 4. The first-order valence-electron chi connectivity index (χ1n) is 6.14. The monoisotopic (exact) mass is 271 g/mol. The fourth-order valence-electron chi connectivity index (χ4n) is 1.51. The van der Waals surface area contributed by atoms with Gasteiger partial charge in [-0.15, -0.1) is 0 Å². The molecule has 0 bridgehead atoms. The van der Waals surface area contributed by atoms with Crippen LogP contribution in [-0.2, 0) is 9.84 Å². The highest BCUT2D eigenvalue weighted by Gasteiger charge is 2.14. The molecule has 1 aromatic rings. The van der Waals surface area contributed by atoms with Crippen LogP contribution in [0.1, 0.15) is 20.8 Å². The third-order valence-electron chi connectivity index (χ3n) is 2.42. The quantitative estimate of drug-likeness (QED) is 0.822. The fourth-order valence-corrected chi connectivity index (χ4v) is 2.68. The van der Waals surface area contributed by atoms with E-state index in [1.807, 2.05) is 20.8 Å². The Balaban J connectivity index is 2.67. The van der Waals surface area contributed by atoms with Gasteiger partial charge in [0.2, 0.25) is 0 Å². The molecule has 1 aromatic carbocycles. The maximum absolute atomic E-state index is 12.0. The molecule has 0 aromatic heterocycles. The lowest BCUT2D eigenvalue weighted by molar-refractivity contribution is 0.340. The van der Waals surface area contributed by atoms with Crippen molar-refractivity contribution in [3.63, 3.8) is 0 Å². The Kier molecular flexibility index (Phi) is 5.62. The Bertz CT molecular complexity index is 452. The summed E-state index contributed by atoms with van der Waals surface area (Å²) in [5.41, 5.74) is 0. The van der Waals surface area contributed by atoms with Crippen molar-refractivity contribution in [3.8, 4) is 5.75 Å². The van der Waals surface area contributed by atoms with Gasteiger partial charge in [-0.3, -0.25) is 0 Å². The summed E-state index contributed by atoms with van der Waals surface area (Å²) in [7, 11) is -3.21. The molecule has 0 saturated carbocycles. The topological polar surface area (TPSA) is 55.4 Å². The summed E-state index contributed by atoms with van der Waals surface area (Å²) in [6.07, 6.45) is 0. The Hall–Kier alpha value is -1.07. The van der Waals surface area contributed by atoms with Gasteiger partial charge in [0, 0.05) is 12.6 Å². The second-order valence-corrected chi connectivity index (χ2v) is 6.44. The van der Waals surface area contributed by atoms with E-state index in [2.05, 4.69) is 5.32 Å². The SMILES string of the molecule is CCOc1ccc(S(=O)(=O)CCNC(C)C)cc1. The minimum atomic E-state index is -3.21. The first kappa shape index (κ1) is 15.0. The van der Waals surface area contributed by atoms with Crippen molar-refractivity contribution in [1.29, 1.82) is 0 Å². The van der Waals surface area contributed by atoms with Gasteiger partial charge in [-0.2, -0.15) is 0 Å². The Morgan fingerprint density at radius 3 is 2.33 bits per heavy atom. The maximum Gasteiger partial charge on any atom is 0.179 e. The van der Waals surface area contributed by atoms with Crippen molar-refractivity contribution < 1.29 is 13.2 Å². The molecular weight excluding hydrogens is 250 g/mol. The summed E-state index contributed by atoms with van der Waals surface area (Å²) in [5, 5.41) is 3.10. The number of hydrogen-bond donors (Lipinski definition) is 1. The molecule has 0 heterocycles. The molecule has 0 aliphatic carbocycles. The van der Waals surface area contributed by atoms with E-state index in [0.717, 1.165) is 0 Å². The third kappa shape index (κ3) is 4.66. The van der Waals surface area contributed by atoms with Crippen molar-refractivity contribution >= 4 is 9.84 Å². The number of rotatable bonds is 7. The smallest absolute Gasteiger partial charge is 0.179 e. The second kappa shape index (κ2) is 6.75. The van der Waals surface area contributed by atoms with Gasteiger partial charge in [-0.25, -0.2) is 8.42 Å². The summed E-state index contributed by atoms with van der Waals surface area (Å²) in [4.78, 5) is 0.344. The minimum absolute atomic E-state index is 0.110. The lowest BCUT2D eigenvalue weighted by atomic mass is 10.3. The summed E-state index contributed by atoms with van der Waals surface area (Å²) in [6, 6.07) is 6.85. The van der Waals surface area contributed by atoms with Crippen LogP contribution < -0.4 is 10.1 Å². The number of nitrogens with one attached hydrogen (secondary N) is 1. The lowest BCUT2D eigenvalue weighted by Gasteiger charge is -2.09. The van der Waals surface area contributed by atoms with Gasteiger partial charge in [0.25, 0.3) is 0 Å². The average Bonchev–Trinajstić information content (AvgIpc) is 2.29. The zero-order valence-corrected chi connectivity index (χ0v) is 12.0. The molecule has 0 radical (unpaired) electrons. The largest absolute Gasteiger partial charge is 0.494 e. The standard InChI is InChI=1S/C13H21NO3S/c1-4-17-12-5-7-13(8-6-12)18(15,16)10-9-14-11(2)3/h5-8,11,14H,4,9-10H2,1-3H3. The van der Waals surface area contributed by atoms with Gasteiger partial charge < -0.3 is 10.1 Å². The number of benzene rings is 1. The minimum Gasteiger partial charge on any atom is -0.494 e. The van der Waals surface area contributed by atoms with Crippen molar-refractivity contribution in [2.75, 3.05) is 18.9 Å². The molecule has 4 nitrogen and oxygen atoms in total. The summed E-state index contributed by atoms with van der Waals surface area (Å²) in [6.45, 7) is 6.91. The molecule has 0 spiro atoms. The van der Waals surface area contributed by atoms with Gasteiger partial charge >= 0.3 is 0 Å². The van der Waals surface area contributed by atoms with Crippen molar-refractivity contribution in [2.45, 2.75) is 31.7 Å². The molecule has 1 N–H and O–H groups in total. The molecule has 0 fully saturated rings. The third-order valence-corrected chi connectivity index (χ3v) is 4.15. The normalized spacial score (nSPS) is 11.8. The van der Waals surface area contributed by atoms with E-state index in [9.17, 15) is 8.42 Å². The molecule has 0 amide bonds. The molecule has 1 rings (SSSR count). The zero-order valence-electron chi connectivity index (χ0n) is 11.1. The van der Waals surface area contributed by atoms with Gasteiger partial charge in [-0.1, -0.05) is 13.8 Å². The van der Waals surface area contributed by atoms with Crippen LogP contribution in [0, 0.1) is 0 Å². The molecule has 0 aliphatic rings. The Labute approximate surface area is 109 Å². The lowest BCUT2D eigenvalue weighted by Crippen LogP contribution is -2.28. The predicted octanol–water partition coefficient (Wildman–Crippen LogP) is 1.86. The van der Waals surface area contributed by atoms with E-state index in [1.54, 1.807) is 24.3 Å². The molecule has 18 heavy (non-hydrogen) atoms. The van der Waals surface area contributed by atoms with Crippen LogP contribution in [0.15, 0.2) is 29.2 Å². The molecule has 5 heteroatoms. The van der Waals surface area contributed by atoms with E-state index in [1.165, 1.54) is 0 Å². The zero-order chi connectivity index (χ0) is 13.6. The number of sulfone groups is 1. The highest BCUT2D eigenvalue weighted by Crippen LogP contribution is 2.16. The van der Waals surface area contributed by atoms with Crippen LogP contribution in [-0.4, -0.2) is 33.4 Å². The van der Waals surface area contributed by atoms with Crippen LogP contribution in [0.3, 0.4) is 0 Å². The van der Waals surface area contributed by atoms with E-state index in [4.69, 9.17) is 4.74 Å². The van der Waals surface area contributed by atoms with Crippen molar-refractivity contribution in [2.24, 2.45) is 0 Å². The van der Waals surface area contributed by atoms with Crippen LogP contribution in [0.2, 0.25) is 0 Å². The summed E-state index contributed by atoms with van der Waals surface area (Å²) < 4.78 is 29.3. The van der Waals surface area contributed by atoms with Crippen LogP contribution >= 0.6 is 0 Å². The van der Waals surface area contributed by atoms with Crippen molar-refractivity contribution in [3.05, 3.63) is 24.3 Å². The van der Waals surface area contributed by atoms with Crippen LogP contribution in [0.5, 0.6) is 5.75 Å². The van der Waals surface area contributed by atoms with Gasteiger partial charge in [0.1, 0.15) is 5.75 Å². The predicted molar refractivity (Wildman–Crippen MR) is 72.8 cm³/mol. The highest BCUT2D eigenvalue weighted by molar-refractivity contribution is 7.91. The van der Waals surface area contributed by atoms with Gasteiger partial charge in [0.15, 0.2) is 9.84 Å². The number of ether oxygens (including phenoxy) is 1. The van der Waals surface area contributed by atoms with Crippen LogP contribution in [0.25, 0.3) is 0 Å². The first-order chi connectivity index (χ1) is 8.45.